The van der Waals surface area contributed by atoms with Gasteiger partial charge in [-0.15, -0.1) is 0 Å². The van der Waals surface area contributed by atoms with Crippen LogP contribution in [0.2, 0.25) is 0 Å². The fourth-order valence-electron chi connectivity index (χ4n) is 0. The Morgan fingerprint density at radius 3 is 1.60 bits per heavy atom. The zero-order valence-electron chi connectivity index (χ0n) is 5.35. The van der Waals surface area contributed by atoms with Crippen LogP contribution in [0.5, 0.6) is 0 Å². The zero-order valence-corrected chi connectivity index (χ0v) is 7.14. The van der Waals surface area contributed by atoms with Crippen molar-refractivity contribution in [3.05, 3.63) is 0 Å². The van der Waals surface area contributed by atoms with Crippen LogP contribution in [0, 0.1) is 0 Å². The van der Waals surface area contributed by atoms with Crippen molar-refractivity contribution < 1.29 is 20.1 Å². The molecule has 0 rings (SSSR count). The molecule has 0 saturated carbocycles. The second kappa shape index (κ2) is 5.84. The molecule has 0 bridgehead atoms. The molecule has 0 saturated heterocycles. The first-order valence-electron chi connectivity index (χ1n) is 2.26. The van der Waals surface area contributed by atoms with Gasteiger partial charge in [0.2, 0.25) is 0 Å². The number of carbonyl (C=O) groups is 1. The number of rotatable bonds is 1. The van der Waals surface area contributed by atoms with Gasteiger partial charge in [0, 0.05) is 0 Å². The molecule has 0 radical (unpaired) electrons. The number of carboxylic acid groups (broad SMARTS) is 1. The van der Waals surface area contributed by atoms with Gasteiger partial charge in [-0.3, -0.25) is 0 Å². The minimum atomic E-state index is -1.19. The van der Waals surface area contributed by atoms with Crippen LogP contribution in [0.15, 0.2) is 0 Å². The van der Waals surface area contributed by atoms with Crippen LogP contribution in [0.3, 0.4) is 0 Å². The van der Waals surface area contributed by atoms with E-state index >= 15 is 0 Å². The summed E-state index contributed by atoms with van der Waals surface area (Å²) >= 11 is 7.23. The Kier molecular flexibility index (Phi) is 7.44. The van der Waals surface area contributed by atoms with E-state index in [0.29, 0.717) is 0 Å². The first kappa shape index (κ1) is 12.7. The number of thiol groups is 2. The lowest BCUT2D eigenvalue weighted by atomic mass is 10.5. The van der Waals surface area contributed by atoms with Gasteiger partial charge in [0.15, 0.2) is 0 Å². The van der Waals surface area contributed by atoms with E-state index < -0.39 is 16.8 Å². The predicted octanol–water partition coefficient (Wildman–Crippen LogP) is -0.425. The van der Waals surface area contributed by atoms with Gasteiger partial charge in [0.25, 0.3) is 0 Å². The quantitative estimate of drug-likeness (QED) is 0.284. The van der Waals surface area contributed by atoms with E-state index in [4.69, 9.17) is 15.3 Å². The molecule has 10 heavy (non-hydrogen) atoms. The summed E-state index contributed by atoms with van der Waals surface area (Å²) in [4.78, 5) is 9.87. The molecule has 0 aliphatic carbocycles. The predicted molar refractivity (Wildman–Crippen MR) is 43.3 cm³/mol. The summed E-state index contributed by atoms with van der Waals surface area (Å²) in [5.74, 6) is -1.03. The lowest BCUT2D eigenvalue weighted by molar-refractivity contribution is -0.136. The third kappa shape index (κ3) is 11.0. The summed E-state index contributed by atoms with van der Waals surface area (Å²) < 4.78 is -1.19. The Hall–Kier alpha value is 0.0900. The Morgan fingerprint density at radius 1 is 1.50 bits per heavy atom. The van der Waals surface area contributed by atoms with E-state index in [1.807, 2.05) is 0 Å². The number of aliphatic hydroxyl groups excluding tert-OH is 1. The molecule has 3 N–H and O–H groups in total. The Morgan fingerprint density at radius 2 is 1.60 bits per heavy atom. The van der Waals surface area contributed by atoms with E-state index in [-0.39, 0.29) is 0 Å². The molecule has 4 nitrogen and oxygen atoms in total. The van der Waals surface area contributed by atoms with Crippen LogP contribution < -0.4 is 0 Å². The molecule has 0 fully saturated rings. The Bertz CT molecular complexity index is 97.9. The van der Waals surface area contributed by atoms with E-state index in [9.17, 15) is 4.79 Å². The molecule has 0 heterocycles. The molecular weight excluding hydrogens is 176 g/mol. The van der Waals surface area contributed by atoms with Crippen molar-refractivity contribution >= 4 is 31.2 Å². The van der Waals surface area contributed by atoms with Crippen molar-refractivity contribution in [3.8, 4) is 0 Å². The Balaban J connectivity index is 0. The van der Waals surface area contributed by atoms with Gasteiger partial charge in [0.1, 0.15) is 10.9 Å². The summed E-state index contributed by atoms with van der Waals surface area (Å²) in [6, 6.07) is 0. The van der Waals surface area contributed by atoms with Crippen molar-refractivity contribution in [1.82, 2.24) is 0 Å². The summed E-state index contributed by atoms with van der Waals surface area (Å²) in [6.07, 6.45) is 0. The van der Waals surface area contributed by atoms with E-state index in [2.05, 4.69) is 25.3 Å². The van der Waals surface area contributed by atoms with Crippen LogP contribution in [0.1, 0.15) is 6.92 Å². The number of carboxylic acids is 1. The largest absolute Gasteiger partial charge is 0.480 e. The van der Waals surface area contributed by atoms with Crippen molar-refractivity contribution in [3.63, 3.8) is 0 Å². The smallest absolute Gasteiger partial charge is 0.329 e. The van der Waals surface area contributed by atoms with Crippen molar-refractivity contribution in [2.45, 2.75) is 11.0 Å². The van der Waals surface area contributed by atoms with Gasteiger partial charge in [-0.05, 0) is 6.92 Å². The van der Waals surface area contributed by atoms with Crippen molar-refractivity contribution in [2.24, 2.45) is 0 Å². The van der Waals surface area contributed by atoms with Gasteiger partial charge >= 0.3 is 5.97 Å². The maximum absolute atomic E-state index is 9.87. The zero-order chi connectivity index (χ0) is 8.78. The molecule has 0 atom stereocenters. The molecule has 0 aromatic rings. The summed E-state index contributed by atoms with van der Waals surface area (Å²) in [7, 11) is 0. The van der Waals surface area contributed by atoms with Crippen LogP contribution in [0.4, 0.5) is 0 Å². The third-order valence-corrected chi connectivity index (χ3v) is 0.788. The SMILES string of the molecule is CC(S)(S)C(=O)O.OCO. The van der Waals surface area contributed by atoms with Gasteiger partial charge in [-0.25, -0.2) is 4.79 Å². The highest BCUT2D eigenvalue weighted by molar-refractivity contribution is 8.01. The van der Waals surface area contributed by atoms with E-state index in [0.717, 1.165) is 0 Å². The molecule has 0 amide bonds. The molecule has 0 aromatic heterocycles. The lowest BCUT2D eigenvalue weighted by Gasteiger charge is -2.06. The van der Waals surface area contributed by atoms with Crippen LogP contribution in [-0.4, -0.2) is 32.2 Å². The second-order valence-electron chi connectivity index (χ2n) is 1.47. The standard InChI is InChI=1S/C3H6O2S2.CH4O2/c1-3(6,7)2(4)5;2-1-3/h6-7H,1H3,(H,4,5);2-3H,1H2. The van der Waals surface area contributed by atoms with Crippen LogP contribution in [-0.2, 0) is 4.79 Å². The van der Waals surface area contributed by atoms with Gasteiger partial charge < -0.3 is 15.3 Å². The number of aliphatic hydroxyl groups is 2. The van der Waals surface area contributed by atoms with E-state index in [1.54, 1.807) is 0 Å². The topological polar surface area (TPSA) is 77.8 Å². The highest BCUT2D eigenvalue weighted by Crippen LogP contribution is 2.16. The summed E-state index contributed by atoms with van der Waals surface area (Å²) in [6.45, 7) is 0.640. The van der Waals surface area contributed by atoms with E-state index in [1.165, 1.54) is 6.92 Å². The first-order chi connectivity index (χ1) is 4.36. The van der Waals surface area contributed by atoms with Crippen molar-refractivity contribution in [2.75, 3.05) is 6.79 Å². The minimum Gasteiger partial charge on any atom is -0.480 e. The highest BCUT2D eigenvalue weighted by atomic mass is 32.2. The molecule has 0 unspecified atom stereocenters. The molecular formula is C4H10O4S2. The number of aliphatic carboxylic acids is 1. The maximum Gasteiger partial charge on any atom is 0.329 e. The Labute approximate surface area is 69.7 Å². The summed E-state index contributed by atoms with van der Waals surface area (Å²) in [5.41, 5.74) is 0. The first-order valence-corrected chi connectivity index (χ1v) is 3.15. The third-order valence-electron chi connectivity index (χ3n) is 0.405. The van der Waals surface area contributed by atoms with Crippen molar-refractivity contribution in [1.29, 1.82) is 0 Å². The molecule has 0 spiro atoms. The molecule has 0 aromatic carbocycles. The fourth-order valence-corrected chi connectivity index (χ4v) is 0. The number of hydrogen-bond donors (Lipinski definition) is 5. The molecule has 6 heteroatoms. The molecule has 0 aliphatic rings. The monoisotopic (exact) mass is 186 g/mol. The average molecular weight is 186 g/mol. The van der Waals surface area contributed by atoms with Gasteiger partial charge in [-0.1, -0.05) is 0 Å². The van der Waals surface area contributed by atoms with Gasteiger partial charge in [0.05, 0.1) is 0 Å². The summed E-state index contributed by atoms with van der Waals surface area (Å²) in [5, 5.41) is 22.3. The lowest BCUT2D eigenvalue weighted by Crippen LogP contribution is -2.20. The van der Waals surface area contributed by atoms with Crippen LogP contribution in [0.25, 0.3) is 0 Å². The molecule has 62 valence electrons. The fraction of sp³-hybridized carbons (Fsp3) is 0.750. The molecule has 0 aliphatic heterocycles. The normalized spacial score (nSPS) is 9.70. The average Bonchev–Trinajstić information content (AvgIpc) is 1.64. The highest BCUT2D eigenvalue weighted by Gasteiger charge is 2.21. The van der Waals surface area contributed by atoms with Crippen LogP contribution >= 0.6 is 25.3 Å². The minimum absolute atomic E-state index is 0.750. The second-order valence-corrected chi connectivity index (χ2v) is 3.61. The van der Waals surface area contributed by atoms with Gasteiger partial charge in [-0.2, -0.15) is 25.3 Å². The number of hydrogen-bond acceptors (Lipinski definition) is 5. The maximum atomic E-state index is 9.87.